The fraction of sp³-hybridized carbons (Fsp3) is 0.538. The van der Waals surface area contributed by atoms with Crippen molar-refractivity contribution in [2.24, 2.45) is 10.7 Å². The second-order valence-electron chi connectivity index (χ2n) is 4.31. The first kappa shape index (κ1) is 18.9. The molecule has 1 rings (SSSR count). The van der Waals surface area contributed by atoms with Crippen molar-refractivity contribution in [1.82, 2.24) is 10.3 Å². The van der Waals surface area contributed by atoms with Gasteiger partial charge in [0.1, 0.15) is 6.61 Å². The third-order valence-corrected chi connectivity index (χ3v) is 2.23. The van der Waals surface area contributed by atoms with Crippen LogP contribution in [-0.4, -0.2) is 37.3 Å². The monoisotopic (exact) mass is 394 g/mol. The summed E-state index contributed by atoms with van der Waals surface area (Å²) in [5, 5.41) is 3.03. The molecule has 0 bridgehead atoms. The number of rotatable bonds is 7. The van der Waals surface area contributed by atoms with E-state index in [-0.39, 0.29) is 30.0 Å². The molecule has 114 valence electrons. The van der Waals surface area contributed by atoms with Crippen molar-refractivity contribution in [1.29, 1.82) is 0 Å². The smallest absolute Gasteiger partial charge is 0.218 e. The van der Waals surface area contributed by atoms with Gasteiger partial charge in [-0.15, -0.1) is 24.0 Å². The molecular weight excluding hydrogens is 371 g/mol. The summed E-state index contributed by atoms with van der Waals surface area (Å²) in [6, 6.07) is 4.02. The number of hydrogen-bond donors (Lipinski definition) is 2. The molecule has 0 radical (unpaired) electrons. The highest BCUT2D eigenvalue weighted by molar-refractivity contribution is 14.0. The van der Waals surface area contributed by atoms with Gasteiger partial charge in [-0.05, 0) is 19.9 Å². The summed E-state index contributed by atoms with van der Waals surface area (Å²) in [5.41, 5.74) is 6.65. The van der Waals surface area contributed by atoms with Crippen LogP contribution in [0.25, 0.3) is 0 Å². The summed E-state index contributed by atoms with van der Waals surface area (Å²) in [4.78, 5) is 8.44. The summed E-state index contributed by atoms with van der Waals surface area (Å²) >= 11 is 0. The number of guanidine groups is 1. The fourth-order valence-electron chi connectivity index (χ4n) is 1.41. The van der Waals surface area contributed by atoms with E-state index in [1.54, 1.807) is 13.3 Å². The molecule has 1 aromatic heterocycles. The molecule has 0 amide bonds. The Labute approximate surface area is 137 Å². The minimum atomic E-state index is 0. The first-order valence-electron chi connectivity index (χ1n) is 6.25. The summed E-state index contributed by atoms with van der Waals surface area (Å²) in [5.74, 6) is 0.988. The standard InChI is InChI=1S/C13H22N4O2.HI/c1-10(2)17-13(14)16-9-11-5-4-6-15-12(11)19-8-7-18-3;/h4-6,10H,7-9H2,1-3H3,(H3,14,16,17);1H. The zero-order valence-corrected chi connectivity index (χ0v) is 14.5. The number of nitrogens with zero attached hydrogens (tertiary/aromatic N) is 2. The Kier molecular flexibility index (Phi) is 10.1. The Morgan fingerprint density at radius 2 is 2.20 bits per heavy atom. The molecule has 0 spiro atoms. The Balaban J connectivity index is 0.00000361. The van der Waals surface area contributed by atoms with Crippen molar-refractivity contribution in [3.05, 3.63) is 23.9 Å². The van der Waals surface area contributed by atoms with Crippen LogP contribution >= 0.6 is 24.0 Å². The predicted octanol–water partition coefficient (Wildman–Crippen LogP) is 1.54. The van der Waals surface area contributed by atoms with Crippen molar-refractivity contribution < 1.29 is 9.47 Å². The molecule has 0 saturated carbocycles. The van der Waals surface area contributed by atoms with E-state index in [9.17, 15) is 0 Å². The van der Waals surface area contributed by atoms with E-state index in [0.29, 0.717) is 31.6 Å². The highest BCUT2D eigenvalue weighted by atomic mass is 127. The summed E-state index contributed by atoms with van der Waals surface area (Å²) < 4.78 is 10.5. The van der Waals surface area contributed by atoms with Crippen LogP contribution in [0.1, 0.15) is 19.4 Å². The molecule has 0 atom stereocenters. The Morgan fingerprint density at radius 3 is 2.85 bits per heavy atom. The third kappa shape index (κ3) is 7.49. The van der Waals surface area contributed by atoms with Crippen molar-refractivity contribution in [3.8, 4) is 5.88 Å². The zero-order valence-electron chi connectivity index (χ0n) is 12.1. The van der Waals surface area contributed by atoms with Gasteiger partial charge in [0.2, 0.25) is 5.88 Å². The SMILES string of the molecule is COCCOc1ncccc1CN=C(N)NC(C)C.I. The number of hydrogen-bond acceptors (Lipinski definition) is 4. The fourth-order valence-corrected chi connectivity index (χ4v) is 1.41. The zero-order chi connectivity index (χ0) is 14.1. The van der Waals surface area contributed by atoms with Crippen molar-refractivity contribution in [3.63, 3.8) is 0 Å². The normalized spacial score (nSPS) is 11.1. The lowest BCUT2D eigenvalue weighted by molar-refractivity contribution is 0.143. The number of methoxy groups -OCH3 is 1. The average Bonchev–Trinajstić information content (AvgIpc) is 2.37. The van der Waals surface area contributed by atoms with Crippen LogP contribution in [0.2, 0.25) is 0 Å². The van der Waals surface area contributed by atoms with E-state index in [2.05, 4.69) is 15.3 Å². The molecule has 0 aromatic carbocycles. The minimum absolute atomic E-state index is 0. The summed E-state index contributed by atoms with van der Waals surface area (Å²) in [7, 11) is 1.63. The second-order valence-corrected chi connectivity index (χ2v) is 4.31. The number of aliphatic imine (C=N–C) groups is 1. The maximum atomic E-state index is 5.75. The van der Waals surface area contributed by atoms with E-state index >= 15 is 0 Å². The highest BCUT2D eigenvalue weighted by Crippen LogP contribution is 2.15. The lowest BCUT2D eigenvalue weighted by atomic mass is 10.3. The number of aromatic nitrogens is 1. The number of halogens is 1. The molecule has 3 N–H and O–H groups in total. The molecular formula is C13H23IN4O2. The van der Waals surface area contributed by atoms with Gasteiger partial charge >= 0.3 is 0 Å². The van der Waals surface area contributed by atoms with Crippen molar-refractivity contribution in [2.75, 3.05) is 20.3 Å². The third-order valence-electron chi connectivity index (χ3n) is 2.23. The highest BCUT2D eigenvalue weighted by Gasteiger charge is 2.04. The number of ether oxygens (including phenoxy) is 2. The van der Waals surface area contributed by atoms with Crippen LogP contribution in [0, 0.1) is 0 Å². The summed E-state index contributed by atoms with van der Waals surface area (Å²) in [6.07, 6.45) is 1.69. The van der Waals surface area contributed by atoms with Crippen LogP contribution in [0.4, 0.5) is 0 Å². The van der Waals surface area contributed by atoms with Gasteiger partial charge < -0.3 is 20.5 Å². The number of pyridine rings is 1. The van der Waals surface area contributed by atoms with E-state index in [4.69, 9.17) is 15.2 Å². The molecule has 0 saturated heterocycles. The van der Waals surface area contributed by atoms with Crippen LogP contribution in [0.5, 0.6) is 5.88 Å². The lowest BCUT2D eigenvalue weighted by Crippen LogP contribution is -2.36. The molecule has 1 heterocycles. The van der Waals surface area contributed by atoms with E-state index in [1.165, 1.54) is 0 Å². The van der Waals surface area contributed by atoms with E-state index in [0.717, 1.165) is 5.56 Å². The number of nitrogens with two attached hydrogens (primary N) is 1. The van der Waals surface area contributed by atoms with Crippen LogP contribution in [0.3, 0.4) is 0 Å². The van der Waals surface area contributed by atoms with Crippen LogP contribution in [0.15, 0.2) is 23.3 Å². The van der Waals surface area contributed by atoms with Gasteiger partial charge in [-0.1, -0.05) is 6.07 Å². The van der Waals surface area contributed by atoms with Crippen molar-refractivity contribution in [2.45, 2.75) is 26.4 Å². The molecule has 7 heteroatoms. The maximum absolute atomic E-state index is 5.75. The molecule has 0 aliphatic heterocycles. The molecule has 0 aliphatic carbocycles. The molecule has 0 aliphatic rings. The maximum Gasteiger partial charge on any atom is 0.218 e. The molecule has 6 nitrogen and oxygen atoms in total. The Hall–Kier alpha value is -1.09. The van der Waals surface area contributed by atoms with Crippen molar-refractivity contribution >= 4 is 29.9 Å². The van der Waals surface area contributed by atoms with Gasteiger partial charge in [-0.3, -0.25) is 0 Å². The topological polar surface area (TPSA) is 81.8 Å². The molecule has 20 heavy (non-hydrogen) atoms. The minimum Gasteiger partial charge on any atom is -0.475 e. The average molecular weight is 394 g/mol. The van der Waals surface area contributed by atoms with Gasteiger partial charge in [0.05, 0.1) is 13.2 Å². The quantitative estimate of drug-likeness (QED) is 0.317. The van der Waals surface area contributed by atoms with E-state index < -0.39 is 0 Å². The Bertz CT molecular complexity index is 413. The second kappa shape index (κ2) is 10.7. The largest absolute Gasteiger partial charge is 0.475 e. The first-order chi connectivity index (χ1) is 9.13. The lowest BCUT2D eigenvalue weighted by Gasteiger charge is -2.10. The first-order valence-corrected chi connectivity index (χ1v) is 6.25. The predicted molar refractivity (Wildman–Crippen MR) is 90.6 cm³/mol. The van der Waals surface area contributed by atoms with Gasteiger partial charge in [0.25, 0.3) is 0 Å². The van der Waals surface area contributed by atoms with Crippen LogP contribution in [-0.2, 0) is 11.3 Å². The van der Waals surface area contributed by atoms with Crippen LogP contribution < -0.4 is 15.8 Å². The van der Waals surface area contributed by atoms with Gasteiger partial charge in [0.15, 0.2) is 5.96 Å². The summed E-state index contributed by atoms with van der Waals surface area (Å²) in [6.45, 7) is 5.43. The number of nitrogens with one attached hydrogen (secondary N) is 1. The van der Waals surface area contributed by atoms with E-state index in [1.807, 2.05) is 26.0 Å². The van der Waals surface area contributed by atoms with Gasteiger partial charge in [-0.2, -0.15) is 0 Å². The van der Waals surface area contributed by atoms with Gasteiger partial charge in [-0.25, -0.2) is 9.98 Å². The molecule has 0 fully saturated rings. The Morgan fingerprint density at radius 1 is 1.45 bits per heavy atom. The van der Waals surface area contributed by atoms with Gasteiger partial charge in [0, 0.05) is 24.9 Å². The molecule has 1 aromatic rings. The molecule has 0 unspecified atom stereocenters.